The van der Waals surface area contributed by atoms with Gasteiger partial charge in [0.05, 0.1) is 23.3 Å². The molecular formula is C19H17N3O. The van der Waals surface area contributed by atoms with Crippen molar-refractivity contribution in [1.29, 1.82) is 10.5 Å². The lowest BCUT2D eigenvalue weighted by molar-refractivity contribution is -0.123. The molecule has 2 aromatic carbocycles. The highest BCUT2D eigenvalue weighted by atomic mass is 16.2. The molecule has 0 aromatic heterocycles. The smallest absolute Gasteiger partial charge is 0.229 e. The number of nitrogens with one attached hydrogen (secondary N) is 1. The van der Waals surface area contributed by atoms with E-state index >= 15 is 0 Å². The molecule has 0 fully saturated rings. The number of amides is 1. The second-order valence-electron chi connectivity index (χ2n) is 6.27. The molecule has 1 N–H and O–H groups in total. The van der Waals surface area contributed by atoms with Gasteiger partial charge in [-0.15, -0.1) is 0 Å². The molecule has 4 heteroatoms. The Labute approximate surface area is 136 Å². The molecule has 0 aliphatic heterocycles. The highest BCUT2D eigenvalue weighted by Gasteiger charge is 2.22. The highest BCUT2D eigenvalue weighted by Crippen LogP contribution is 2.31. The van der Waals surface area contributed by atoms with Crippen molar-refractivity contribution in [3.8, 4) is 23.3 Å². The Morgan fingerprint density at radius 3 is 2.26 bits per heavy atom. The minimum absolute atomic E-state index is 0.111. The van der Waals surface area contributed by atoms with Crippen LogP contribution >= 0.6 is 0 Å². The van der Waals surface area contributed by atoms with E-state index in [1.54, 1.807) is 36.4 Å². The van der Waals surface area contributed by atoms with Crippen LogP contribution in [0.4, 0.5) is 5.69 Å². The minimum atomic E-state index is -0.528. The van der Waals surface area contributed by atoms with Gasteiger partial charge in [-0.05, 0) is 35.9 Å². The van der Waals surface area contributed by atoms with Crippen molar-refractivity contribution in [2.24, 2.45) is 5.41 Å². The van der Waals surface area contributed by atoms with E-state index in [9.17, 15) is 4.79 Å². The summed E-state index contributed by atoms with van der Waals surface area (Å²) in [6.45, 7) is 5.51. The Morgan fingerprint density at radius 2 is 1.65 bits per heavy atom. The summed E-state index contributed by atoms with van der Waals surface area (Å²) in [7, 11) is 0. The third-order valence-corrected chi connectivity index (χ3v) is 3.38. The van der Waals surface area contributed by atoms with E-state index in [1.807, 2.05) is 26.8 Å². The van der Waals surface area contributed by atoms with E-state index in [1.165, 1.54) is 0 Å². The molecule has 0 atom stereocenters. The fraction of sp³-hybridized carbons (Fsp3) is 0.211. The van der Waals surface area contributed by atoms with Crippen LogP contribution in [0.1, 0.15) is 31.9 Å². The van der Waals surface area contributed by atoms with Crippen molar-refractivity contribution in [3.05, 3.63) is 53.6 Å². The predicted octanol–water partition coefficient (Wildman–Crippen LogP) is 4.08. The summed E-state index contributed by atoms with van der Waals surface area (Å²) in [6.07, 6.45) is 0. The highest BCUT2D eigenvalue weighted by molar-refractivity contribution is 5.98. The molecule has 0 bridgehead atoms. The first kappa shape index (κ1) is 16.3. The molecule has 0 unspecified atom stereocenters. The lowest BCUT2D eigenvalue weighted by Crippen LogP contribution is -2.27. The van der Waals surface area contributed by atoms with E-state index in [4.69, 9.17) is 10.5 Å². The van der Waals surface area contributed by atoms with E-state index < -0.39 is 5.41 Å². The van der Waals surface area contributed by atoms with Crippen molar-refractivity contribution < 1.29 is 4.79 Å². The molecule has 1 amide bonds. The first-order chi connectivity index (χ1) is 10.8. The number of anilines is 1. The maximum atomic E-state index is 12.3. The summed E-state index contributed by atoms with van der Waals surface area (Å²) in [5.74, 6) is -0.111. The maximum absolute atomic E-state index is 12.3. The Kier molecular flexibility index (Phi) is 4.48. The zero-order valence-electron chi connectivity index (χ0n) is 13.3. The SMILES string of the molecule is CC(C)(C)C(=O)Nc1ccc(C#N)cc1-c1cccc(C#N)c1. The lowest BCUT2D eigenvalue weighted by atomic mass is 9.94. The first-order valence-corrected chi connectivity index (χ1v) is 7.21. The van der Waals surface area contributed by atoms with Crippen LogP contribution in [0.25, 0.3) is 11.1 Å². The van der Waals surface area contributed by atoms with Crippen molar-refractivity contribution in [1.82, 2.24) is 0 Å². The number of benzene rings is 2. The average Bonchev–Trinajstić information content (AvgIpc) is 2.54. The molecule has 0 saturated carbocycles. The molecule has 0 aliphatic carbocycles. The fourth-order valence-electron chi connectivity index (χ4n) is 2.03. The van der Waals surface area contributed by atoms with E-state index in [0.29, 0.717) is 16.8 Å². The lowest BCUT2D eigenvalue weighted by Gasteiger charge is -2.19. The van der Waals surface area contributed by atoms with Crippen LogP contribution in [0.5, 0.6) is 0 Å². The van der Waals surface area contributed by atoms with Crippen molar-refractivity contribution in [2.75, 3.05) is 5.32 Å². The maximum Gasteiger partial charge on any atom is 0.229 e. The van der Waals surface area contributed by atoms with Gasteiger partial charge in [0.2, 0.25) is 5.91 Å². The van der Waals surface area contributed by atoms with Crippen LogP contribution in [0.15, 0.2) is 42.5 Å². The molecular weight excluding hydrogens is 286 g/mol. The van der Waals surface area contributed by atoms with Crippen molar-refractivity contribution in [2.45, 2.75) is 20.8 Å². The molecule has 114 valence electrons. The van der Waals surface area contributed by atoms with Gasteiger partial charge in [0, 0.05) is 16.7 Å². The molecule has 2 aromatic rings. The van der Waals surface area contributed by atoms with Crippen LogP contribution in [-0.4, -0.2) is 5.91 Å². The summed E-state index contributed by atoms with van der Waals surface area (Å²) in [5.41, 5.74) is 2.62. The second kappa shape index (κ2) is 6.34. The Hall–Kier alpha value is -3.11. The monoisotopic (exact) mass is 303 g/mol. The summed E-state index contributed by atoms with van der Waals surface area (Å²) in [6, 6.07) is 16.4. The van der Waals surface area contributed by atoms with Crippen LogP contribution in [0.3, 0.4) is 0 Å². The zero-order valence-corrected chi connectivity index (χ0v) is 13.3. The third kappa shape index (κ3) is 3.75. The molecule has 0 radical (unpaired) electrons. The Bertz CT molecular complexity index is 833. The molecule has 0 heterocycles. The largest absolute Gasteiger partial charge is 0.325 e. The van der Waals surface area contributed by atoms with Gasteiger partial charge in [0.15, 0.2) is 0 Å². The zero-order chi connectivity index (χ0) is 17.0. The summed E-state index contributed by atoms with van der Waals surface area (Å²) >= 11 is 0. The average molecular weight is 303 g/mol. The number of carbonyl (C=O) groups is 1. The van der Waals surface area contributed by atoms with Gasteiger partial charge < -0.3 is 5.32 Å². The third-order valence-electron chi connectivity index (χ3n) is 3.38. The molecule has 0 spiro atoms. The number of carbonyl (C=O) groups excluding carboxylic acids is 1. The van der Waals surface area contributed by atoms with Crippen LogP contribution < -0.4 is 5.32 Å². The van der Waals surface area contributed by atoms with E-state index in [-0.39, 0.29) is 5.91 Å². The van der Waals surface area contributed by atoms with Gasteiger partial charge in [0.25, 0.3) is 0 Å². The van der Waals surface area contributed by atoms with Crippen LogP contribution in [0.2, 0.25) is 0 Å². The van der Waals surface area contributed by atoms with Crippen LogP contribution in [0, 0.1) is 28.1 Å². The number of nitriles is 2. The first-order valence-electron chi connectivity index (χ1n) is 7.21. The quantitative estimate of drug-likeness (QED) is 0.908. The van der Waals surface area contributed by atoms with Gasteiger partial charge in [-0.1, -0.05) is 32.9 Å². The molecule has 2 rings (SSSR count). The molecule has 0 aliphatic rings. The number of nitrogens with zero attached hydrogens (tertiary/aromatic N) is 2. The van der Waals surface area contributed by atoms with E-state index in [2.05, 4.69) is 17.5 Å². The van der Waals surface area contributed by atoms with Gasteiger partial charge in [0.1, 0.15) is 0 Å². The molecule has 23 heavy (non-hydrogen) atoms. The summed E-state index contributed by atoms with van der Waals surface area (Å²) in [5, 5.41) is 21.1. The standard InChI is InChI=1S/C19H17N3O/c1-19(2,3)18(23)22-17-8-7-14(12-21)10-16(17)15-6-4-5-13(9-15)11-20/h4-10H,1-3H3,(H,22,23). The number of hydrogen-bond donors (Lipinski definition) is 1. The topological polar surface area (TPSA) is 76.7 Å². The van der Waals surface area contributed by atoms with Crippen LogP contribution in [-0.2, 0) is 4.79 Å². The van der Waals surface area contributed by atoms with E-state index in [0.717, 1.165) is 11.1 Å². The summed E-state index contributed by atoms with van der Waals surface area (Å²) < 4.78 is 0. The van der Waals surface area contributed by atoms with Gasteiger partial charge in [-0.2, -0.15) is 10.5 Å². The van der Waals surface area contributed by atoms with Gasteiger partial charge in [-0.3, -0.25) is 4.79 Å². The fourth-order valence-corrected chi connectivity index (χ4v) is 2.03. The summed E-state index contributed by atoms with van der Waals surface area (Å²) in [4.78, 5) is 12.3. The Morgan fingerprint density at radius 1 is 1.00 bits per heavy atom. The Balaban J connectivity index is 2.54. The van der Waals surface area contributed by atoms with Crippen molar-refractivity contribution in [3.63, 3.8) is 0 Å². The minimum Gasteiger partial charge on any atom is -0.325 e. The normalized spacial score (nSPS) is 10.5. The number of hydrogen-bond acceptors (Lipinski definition) is 3. The van der Waals surface area contributed by atoms with Gasteiger partial charge in [-0.25, -0.2) is 0 Å². The van der Waals surface area contributed by atoms with Crippen molar-refractivity contribution >= 4 is 11.6 Å². The molecule has 0 saturated heterocycles. The number of rotatable bonds is 2. The van der Waals surface area contributed by atoms with Gasteiger partial charge >= 0.3 is 0 Å². The second-order valence-corrected chi connectivity index (χ2v) is 6.27. The predicted molar refractivity (Wildman–Crippen MR) is 89.4 cm³/mol. The molecule has 4 nitrogen and oxygen atoms in total.